The van der Waals surface area contributed by atoms with Crippen molar-refractivity contribution in [2.24, 2.45) is 0 Å². The Morgan fingerprint density at radius 2 is 2.00 bits per heavy atom. The fourth-order valence-electron chi connectivity index (χ4n) is 3.24. The molecule has 0 N–H and O–H groups in total. The molecule has 0 spiro atoms. The van der Waals surface area contributed by atoms with Crippen molar-refractivity contribution in [1.82, 2.24) is 4.90 Å². The molecule has 8 heteroatoms. The Kier molecular flexibility index (Phi) is 5.36. The third-order valence-corrected chi connectivity index (χ3v) is 6.10. The van der Waals surface area contributed by atoms with E-state index in [0.29, 0.717) is 12.0 Å². The number of halogens is 1. The summed E-state index contributed by atoms with van der Waals surface area (Å²) in [6.45, 7) is 0.223. The van der Waals surface area contributed by atoms with Gasteiger partial charge < -0.3 is 0 Å². The first-order chi connectivity index (χ1) is 10.7. The maximum absolute atomic E-state index is 14.0. The van der Waals surface area contributed by atoms with E-state index in [1.165, 1.54) is 18.4 Å². The van der Waals surface area contributed by atoms with Gasteiger partial charge in [-0.1, -0.05) is 12.8 Å². The van der Waals surface area contributed by atoms with Crippen LogP contribution in [0.25, 0.3) is 0 Å². The normalized spacial score (nSPS) is 22.3. The van der Waals surface area contributed by atoms with Crippen LogP contribution in [0.1, 0.15) is 31.2 Å². The van der Waals surface area contributed by atoms with E-state index < -0.39 is 25.8 Å². The molecule has 23 heavy (non-hydrogen) atoms. The highest BCUT2D eigenvalue weighted by atomic mass is 32.2. The van der Waals surface area contributed by atoms with Gasteiger partial charge in [-0.05, 0) is 26.0 Å². The Bertz CT molecular complexity index is 693. The van der Waals surface area contributed by atoms with Crippen LogP contribution in [0.3, 0.4) is 0 Å². The molecule has 2 atom stereocenters. The van der Waals surface area contributed by atoms with Crippen molar-refractivity contribution in [1.29, 1.82) is 0 Å². The average Bonchev–Trinajstić information content (AvgIpc) is 2.48. The molecular weight excluding hydrogens is 323 g/mol. The van der Waals surface area contributed by atoms with Crippen LogP contribution in [-0.2, 0) is 16.4 Å². The minimum absolute atomic E-state index is 0.159. The fourth-order valence-corrected chi connectivity index (χ4v) is 4.75. The predicted octanol–water partition coefficient (Wildman–Crippen LogP) is 2.52. The van der Waals surface area contributed by atoms with Crippen LogP contribution in [-0.4, -0.2) is 42.8 Å². The predicted molar refractivity (Wildman–Crippen MR) is 85.4 cm³/mol. The second kappa shape index (κ2) is 6.92. The zero-order chi connectivity index (χ0) is 17.2. The maximum Gasteiger partial charge on any atom is 0.272 e. The standard InChI is InChI=1S/C15H21FN2O4S/c1-17(14-5-3-4-6-15(14)23(2,21)22)10-11-7-8-12(18(19)20)9-13(11)16/h7-9,14-15H,3-6,10H2,1-2H3. The summed E-state index contributed by atoms with van der Waals surface area (Å²) in [6, 6.07) is 3.40. The number of hydrogen-bond acceptors (Lipinski definition) is 5. The highest BCUT2D eigenvalue weighted by Gasteiger charge is 2.35. The molecule has 128 valence electrons. The molecular formula is C15H21FN2O4S. The molecule has 1 aliphatic carbocycles. The molecule has 0 heterocycles. The van der Waals surface area contributed by atoms with Gasteiger partial charge in [-0.2, -0.15) is 0 Å². The van der Waals surface area contributed by atoms with Gasteiger partial charge in [0.05, 0.1) is 16.2 Å². The number of nitrogens with zero attached hydrogens (tertiary/aromatic N) is 2. The van der Waals surface area contributed by atoms with E-state index >= 15 is 0 Å². The number of non-ortho nitro benzene ring substituents is 1. The van der Waals surface area contributed by atoms with Crippen molar-refractivity contribution >= 4 is 15.5 Å². The number of nitro groups is 1. The van der Waals surface area contributed by atoms with Crippen LogP contribution in [0.4, 0.5) is 10.1 Å². The minimum Gasteiger partial charge on any atom is -0.298 e. The molecule has 1 aliphatic rings. The Morgan fingerprint density at radius 1 is 1.35 bits per heavy atom. The molecule has 2 unspecified atom stereocenters. The van der Waals surface area contributed by atoms with Crippen LogP contribution in [0.15, 0.2) is 18.2 Å². The smallest absolute Gasteiger partial charge is 0.272 e. The Hall–Kier alpha value is -1.54. The van der Waals surface area contributed by atoms with Crippen molar-refractivity contribution in [3.8, 4) is 0 Å². The first kappa shape index (κ1) is 17.8. The number of rotatable bonds is 5. The van der Waals surface area contributed by atoms with Crippen molar-refractivity contribution in [2.45, 2.75) is 43.5 Å². The average molecular weight is 344 g/mol. The summed E-state index contributed by atoms with van der Waals surface area (Å²) in [7, 11) is -1.39. The third-order valence-electron chi connectivity index (χ3n) is 4.45. The Labute approximate surface area is 135 Å². The highest BCUT2D eigenvalue weighted by Crippen LogP contribution is 2.29. The van der Waals surface area contributed by atoms with Gasteiger partial charge in [0, 0.05) is 30.5 Å². The Balaban J connectivity index is 2.17. The topological polar surface area (TPSA) is 80.5 Å². The zero-order valence-electron chi connectivity index (χ0n) is 13.2. The van der Waals surface area contributed by atoms with Crippen molar-refractivity contribution in [3.63, 3.8) is 0 Å². The molecule has 0 bridgehead atoms. The van der Waals surface area contributed by atoms with Crippen LogP contribution >= 0.6 is 0 Å². The molecule has 0 saturated heterocycles. The van der Waals surface area contributed by atoms with Crippen molar-refractivity contribution < 1.29 is 17.7 Å². The van der Waals surface area contributed by atoms with E-state index in [9.17, 15) is 22.9 Å². The summed E-state index contributed by atoms with van der Waals surface area (Å²) in [5.41, 5.74) is 0.0384. The lowest BCUT2D eigenvalue weighted by molar-refractivity contribution is -0.385. The quantitative estimate of drug-likeness (QED) is 0.606. The van der Waals surface area contributed by atoms with Gasteiger partial charge >= 0.3 is 0 Å². The van der Waals surface area contributed by atoms with Gasteiger partial charge in [0.25, 0.3) is 5.69 Å². The molecule has 6 nitrogen and oxygen atoms in total. The first-order valence-corrected chi connectivity index (χ1v) is 9.47. The van der Waals surface area contributed by atoms with Crippen LogP contribution in [0.2, 0.25) is 0 Å². The SMILES string of the molecule is CN(Cc1ccc([N+](=O)[O-])cc1F)C1CCCCC1S(C)(=O)=O. The molecule has 0 amide bonds. The summed E-state index contributed by atoms with van der Waals surface area (Å²) in [6.07, 6.45) is 4.45. The lowest BCUT2D eigenvalue weighted by Gasteiger charge is -2.37. The van der Waals surface area contributed by atoms with Crippen LogP contribution < -0.4 is 0 Å². The summed E-state index contributed by atoms with van der Waals surface area (Å²) in [5, 5.41) is 10.2. The molecule has 1 aromatic carbocycles. The monoisotopic (exact) mass is 344 g/mol. The van der Waals surface area contributed by atoms with Gasteiger partial charge in [0.15, 0.2) is 9.84 Å². The molecule has 0 aromatic heterocycles. The second-order valence-corrected chi connectivity index (χ2v) is 8.43. The number of benzene rings is 1. The van der Waals surface area contributed by atoms with E-state index in [1.807, 2.05) is 4.90 Å². The molecule has 2 rings (SSSR count). The Morgan fingerprint density at radius 3 is 2.57 bits per heavy atom. The minimum atomic E-state index is -3.17. The van der Waals surface area contributed by atoms with E-state index in [0.717, 1.165) is 25.3 Å². The molecule has 0 radical (unpaired) electrons. The highest BCUT2D eigenvalue weighted by molar-refractivity contribution is 7.91. The molecule has 1 fully saturated rings. The largest absolute Gasteiger partial charge is 0.298 e. The zero-order valence-corrected chi connectivity index (χ0v) is 14.1. The fraction of sp³-hybridized carbons (Fsp3) is 0.600. The summed E-state index contributed by atoms with van der Waals surface area (Å²) in [5.74, 6) is -0.641. The van der Waals surface area contributed by atoms with E-state index in [2.05, 4.69) is 0 Å². The molecule has 1 saturated carbocycles. The summed E-state index contributed by atoms with van der Waals surface area (Å²) < 4.78 is 37.9. The second-order valence-electron chi connectivity index (χ2n) is 6.17. The lowest BCUT2D eigenvalue weighted by atomic mass is 9.93. The number of nitro benzene ring substituents is 1. The maximum atomic E-state index is 14.0. The van der Waals surface area contributed by atoms with Crippen molar-refractivity contribution in [2.75, 3.05) is 13.3 Å². The first-order valence-electron chi connectivity index (χ1n) is 7.52. The van der Waals surface area contributed by atoms with Crippen LogP contribution in [0, 0.1) is 15.9 Å². The molecule has 1 aromatic rings. The van der Waals surface area contributed by atoms with Crippen LogP contribution in [0.5, 0.6) is 0 Å². The van der Waals surface area contributed by atoms with E-state index in [4.69, 9.17) is 0 Å². The van der Waals surface area contributed by atoms with Gasteiger partial charge in [0.2, 0.25) is 0 Å². The molecule has 0 aliphatic heterocycles. The van der Waals surface area contributed by atoms with Gasteiger partial charge in [-0.25, -0.2) is 12.8 Å². The summed E-state index contributed by atoms with van der Waals surface area (Å²) in [4.78, 5) is 11.9. The van der Waals surface area contributed by atoms with Crippen molar-refractivity contribution in [3.05, 3.63) is 39.7 Å². The van der Waals surface area contributed by atoms with E-state index in [-0.39, 0.29) is 18.3 Å². The van der Waals surface area contributed by atoms with Gasteiger partial charge in [-0.3, -0.25) is 15.0 Å². The third kappa shape index (κ3) is 4.26. The summed E-state index contributed by atoms with van der Waals surface area (Å²) >= 11 is 0. The van der Waals surface area contributed by atoms with Gasteiger partial charge in [-0.15, -0.1) is 0 Å². The number of sulfone groups is 1. The van der Waals surface area contributed by atoms with E-state index in [1.54, 1.807) is 7.05 Å². The van der Waals surface area contributed by atoms with Gasteiger partial charge in [0.1, 0.15) is 5.82 Å². The number of hydrogen-bond donors (Lipinski definition) is 0. The lowest BCUT2D eigenvalue weighted by Crippen LogP contribution is -2.46.